The highest BCUT2D eigenvalue weighted by molar-refractivity contribution is 7.89. The molecule has 0 heterocycles. The Morgan fingerprint density at radius 3 is 2.21 bits per heavy atom. The highest BCUT2D eigenvalue weighted by Crippen LogP contribution is 2.22. The summed E-state index contributed by atoms with van der Waals surface area (Å²) >= 11 is 0. The molecule has 0 aliphatic rings. The fourth-order valence-corrected chi connectivity index (χ4v) is 4.13. The van der Waals surface area contributed by atoms with E-state index in [1.165, 1.54) is 19.2 Å². The van der Waals surface area contributed by atoms with E-state index in [4.69, 9.17) is 9.47 Å². The van der Waals surface area contributed by atoms with Gasteiger partial charge in [-0.25, -0.2) is 8.42 Å². The summed E-state index contributed by atoms with van der Waals surface area (Å²) in [5.74, 6) is -0.854. The molecule has 0 aliphatic heterocycles. The molecule has 0 saturated heterocycles. The summed E-state index contributed by atoms with van der Waals surface area (Å²) in [4.78, 5) is 25.5. The fraction of sp³-hybridized carbons (Fsp3) is 0.200. The summed E-state index contributed by atoms with van der Waals surface area (Å²) in [5.41, 5.74) is 2.69. The zero-order chi connectivity index (χ0) is 24.7. The number of carbonyl (C=O) groups excluding carboxylic acids is 2. The van der Waals surface area contributed by atoms with Crippen LogP contribution in [0.5, 0.6) is 5.75 Å². The molecule has 0 aromatic heterocycles. The van der Waals surface area contributed by atoms with Gasteiger partial charge < -0.3 is 14.8 Å². The third kappa shape index (κ3) is 6.43. The number of hydrogen-bond donors (Lipinski definition) is 2. The Kier molecular flexibility index (Phi) is 8.04. The monoisotopic (exact) mass is 482 g/mol. The molecule has 0 radical (unpaired) electrons. The molecule has 3 aromatic rings. The van der Waals surface area contributed by atoms with Crippen LogP contribution in [0.4, 0.5) is 5.69 Å². The summed E-state index contributed by atoms with van der Waals surface area (Å²) in [5, 5.41) is 2.70. The Labute approximate surface area is 199 Å². The zero-order valence-electron chi connectivity index (χ0n) is 19.1. The molecule has 178 valence electrons. The minimum atomic E-state index is -3.93. The van der Waals surface area contributed by atoms with Crippen LogP contribution in [0.3, 0.4) is 0 Å². The number of sulfonamides is 1. The second-order valence-electron chi connectivity index (χ2n) is 7.57. The fourth-order valence-electron chi connectivity index (χ4n) is 3.07. The third-order valence-electron chi connectivity index (χ3n) is 5.14. The Bertz CT molecular complexity index is 1260. The normalized spacial score (nSPS) is 12.0. The topological polar surface area (TPSA) is 111 Å². The molecule has 1 unspecified atom stereocenters. The predicted molar refractivity (Wildman–Crippen MR) is 128 cm³/mol. The first-order valence-corrected chi connectivity index (χ1v) is 11.9. The first kappa shape index (κ1) is 24.9. The second kappa shape index (κ2) is 11.0. The van der Waals surface area contributed by atoms with Gasteiger partial charge in [0.1, 0.15) is 12.3 Å². The molecule has 1 atom stereocenters. The average Bonchev–Trinajstić information content (AvgIpc) is 2.84. The van der Waals surface area contributed by atoms with E-state index in [1.807, 2.05) is 6.92 Å². The maximum Gasteiger partial charge on any atom is 0.322 e. The van der Waals surface area contributed by atoms with Crippen molar-refractivity contribution in [3.63, 3.8) is 0 Å². The van der Waals surface area contributed by atoms with Crippen LogP contribution in [0.25, 0.3) is 0 Å². The number of hydrogen-bond acceptors (Lipinski definition) is 6. The predicted octanol–water partition coefficient (Wildman–Crippen LogP) is 3.51. The molecule has 34 heavy (non-hydrogen) atoms. The van der Waals surface area contributed by atoms with Crippen LogP contribution in [0.2, 0.25) is 0 Å². The van der Waals surface area contributed by atoms with Crippen LogP contribution in [0.15, 0.2) is 77.7 Å². The highest BCUT2D eigenvalue weighted by Gasteiger charge is 2.26. The van der Waals surface area contributed by atoms with Gasteiger partial charge in [0, 0.05) is 11.3 Å². The van der Waals surface area contributed by atoms with Gasteiger partial charge in [-0.05, 0) is 61.4 Å². The van der Waals surface area contributed by atoms with Crippen molar-refractivity contribution in [3.05, 3.63) is 89.5 Å². The van der Waals surface area contributed by atoms with Crippen molar-refractivity contribution >= 4 is 27.6 Å². The molecule has 9 heteroatoms. The van der Waals surface area contributed by atoms with Crippen molar-refractivity contribution in [3.8, 4) is 5.75 Å². The Morgan fingerprint density at radius 1 is 0.912 bits per heavy atom. The van der Waals surface area contributed by atoms with E-state index in [-0.39, 0.29) is 4.90 Å². The van der Waals surface area contributed by atoms with Crippen molar-refractivity contribution in [1.29, 1.82) is 0 Å². The Balaban J connectivity index is 1.71. The second-order valence-corrected chi connectivity index (χ2v) is 9.34. The molecule has 0 bridgehead atoms. The van der Waals surface area contributed by atoms with Gasteiger partial charge in [0.2, 0.25) is 16.1 Å². The van der Waals surface area contributed by atoms with Gasteiger partial charge in [0.25, 0.3) is 5.91 Å². The summed E-state index contributed by atoms with van der Waals surface area (Å²) < 4.78 is 37.9. The maximum atomic E-state index is 12.9. The molecule has 3 aromatic carbocycles. The van der Waals surface area contributed by atoms with Gasteiger partial charge in [-0.15, -0.1) is 0 Å². The smallest absolute Gasteiger partial charge is 0.322 e. The Morgan fingerprint density at radius 2 is 1.59 bits per heavy atom. The van der Waals surface area contributed by atoms with Crippen LogP contribution in [0.1, 0.15) is 22.8 Å². The SMILES string of the molecule is COc1ccc(NC(=O)C(OC(=O)CNS(=O)(=O)c2ccc(C)c(C)c2)c2ccccc2)cc1. The van der Waals surface area contributed by atoms with E-state index >= 15 is 0 Å². The lowest BCUT2D eigenvalue weighted by molar-refractivity contribution is -0.153. The Hall–Kier alpha value is -3.69. The summed E-state index contributed by atoms with van der Waals surface area (Å²) in [7, 11) is -2.40. The molecule has 0 spiro atoms. The number of ether oxygens (including phenoxy) is 2. The quantitative estimate of drug-likeness (QED) is 0.452. The van der Waals surface area contributed by atoms with Gasteiger partial charge in [-0.2, -0.15) is 4.72 Å². The largest absolute Gasteiger partial charge is 0.497 e. The number of aryl methyl sites for hydroxylation is 2. The van der Waals surface area contributed by atoms with E-state index < -0.39 is 34.5 Å². The first-order valence-electron chi connectivity index (χ1n) is 10.5. The number of anilines is 1. The third-order valence-corrected chi connectivity index (χ3v) is 6.54. The lowest BCUT2D eigenvalue weighted by Crippen LogP contribution is -2.33. The van der Waals surface area contributed by atoms with Crippen LogP contribution in [-0.4, -0.2) is 33.9 Å². The number of rotatable bonds is 9. The number of nitrogens with one attached hydrogen (secondary N) is 2. The number of benzene rings is 3. The van der Waals surface area contributed by atoms with Crippen LogP contribution in [0, 0.1) is 13.8 Å². The lowest BCUT2D eigenvalue weighted by Gasteiger charge is -2.18. The van der Waals surface area contributed by atoms with Crippen molar-refractivity contribution in [2.75, 3.05) is 19.0 Å². The average molecular weight is 483 g/mol. The van der Waals surface area contributed by atoms with E-state index in [1.54, 1.807) is 67.6 Å². The number of carbonyl (C=O) groups is 2. The molecule has 3 rings (SSSR count). The minimum Gasteiger partial charge on any atom is -0.497 e. The molecule has 0 saturated carbocycles. The zero-order valence-corrected chi connectivity index (χ0v) is 19.9. The molecule has 1 amide bonds. The first-order chi connectivity index (χ1) is 16.2. The van der Waals surface area contributed by atoms with Crippen molar-refractivity contribution < 1.29 is 27.5 Å². The van der Waals surface area contributed by atoms with Gasteiger partial charge in [0.05, 0.1) is 12.0 Å². The van der Waals surface area contributed by atoms with Gasteiger partial charge in [0.15, 0.2) is 0 Å². The molecule has 8 nitrogen and oxygen atoms in total. The van der Waals surface area contributed by atoms with Crippen molar-refractivity contribution in [2.24, 2.45) is 0 Å². The summed E-state index contributed by atoms with van der Waals surface area (Å²) in [6.07, 6.45) is -1.28. The van der Waals surface area contributed by atoms with Crippen LogP contribution in [-0.2, 0) is 24.3 Å². The van der Waals surface area contributed by atoms with Gasteiger partial charge in [-0.1, -0.05) is 36.4 Å². The number of amides is 1. The van der Waals surface area contributed by atoms with Gasteiger partial charge >= 0.3 is 5.97 Å². The lowest BCUT2D eigenvalue weighted by atomic mass is 10.1. The maximum absolute atomic E-state index is 12.9. The number of esters is 1. The van der Waals surface area contributed by atoms with Crippen molar-refractivity contribution in [1.82, 2.24) is 4.72 Å². The molecular weight excluding hydrogens is 456 g/mol. The van der Waals surface area contributed by atoms with E-state index in [2.05, 4.69) is 10.0 Å². The van der Waals surface area contributed by atoms with Crippen LogP contribution < -0.4 is 14.8 Å². The molecule has 0 fully saturated rings. The minimum absolute atomic E-state index is 0.0419. The van der Waals surface area contributed by atoms with Gasteiger partial charge in [-0.3, -0.25) is 9.59 Å². The van der Waals surface area contributed by atoms with E-state index in [0.29, 0.717) is 17.0 Å². The molecule has 2 N–H and O–H groups in total. The summed E-state index contributed by atoms with van der Waals surface area (Å²) in [6, 6.07) is 19.8. The number of methoxy groups -OCH3 is 1. The molecular formula is C25H26N2O6S. The van der Waals surface area contributed by atoms with E-state index in [9.17, 15) is 18.0 Å². The van der Waals surface area contributed by atoms with Crippen molar-refractivity contribution in [2.45, 2.75) is 24.8 Å². The standard InChI is InChI=1S/C25H26N2O6S/c1-17-9-14-22(15-18(17)2)34(30,31)26-16-23(28)33-24(19-7-5-4-6-8-19)25(29)27-20-10-12-21(32-3)13-11-20/h4-15,24,26H,16H2,1-3H3,(H,27,29). The summed E-state index contributed by atoms with van der Waals surface area (Å²) in [6.45, 7) is 3.04. The molecule has 0 aliphatic carbocycles. The van der Waals surface area contributed by atoms with E-state index in [0.717, 1.165) is 11.1 Å². The van der Waals surface area contributed by atoms with Crippen LogP contribution >= 0.6 is 0 Å². The highest BCUT2D eigenvalue weighted by atomic mass is 32.2.